The maximum Gasteiger partial charge on any atom is 0.276 e. The average Bonchev–Trinajstić information content (AvgIpc) is 3.13. The number of aryl methyl sites for hydroxylation is 1. The van der Waals surface area contributed by atoms with E-state index in [1.165, 1.54) is 10.6 Å². The van der Waals surface area contributed by atoms with Gasteiger partial charge in [-0.25, -0.2) is 12.7 Å². The number of nitrogens with zero attached hydrogens (tertiary/aromatic N) is 4. The molecule has 10 nitrogen and oxygen atoms in total. The van der Waals surface area contributed by atoms with Crippen LogP contribution in [0.1, 0.15) is 29.1 Å². The highest BCUT2D eigenvalue weighted by molar-refractivity contribution is 7.88. The minimum Gasteiger partial charge on any atom is -0.361 e. The van der Waals surface area contributed by atoms with Crippen LogP contribution in [0.2, 0.25) is 0 Å². The van der Waals surface area contributed by atoms with Crippen LogP contribution in [0.4, 0.5) is 0 Å². The van der Waals surface area contributed by atoms with Crippen molar-refractivity contribution < 1.29 is 22.5 Å². The number of piperazine rings is 1. The molecule has 1 N–H and O–H groups in total. The van der Waals surface area contributed by atoms with Gasteiger partial charge in [-0.15, -0.1) is 0 Å². The Balaban J connectivity index is 1.34. The summed E-state index contributed by atoms with van der Waals surface area (Å²) < 4.78 is 29.5. The first kappa shape index (κ1) is 21.7. The highest BCUT2D eigenvalue weighted by Gasteiger charge is 2.29. The molecule has 0 bridgehead atoms. The predicted octanol–water partition coefficient (Wildman–Crippen LogP) is -0.471. The molecule has 0 saturated carbocycles. The topological polar surface area (TPSA) is 116 Å². The number of carbonyl (C=O) groups is 2. The minimum absolute atomic E-state index is 0.00614. The maximum atomic E-state index is 12.4. The molecule has 1 aromatic rings. The van der Waals surface area contributed by atoms with E-state index in [2.05, 4.69) is 15.4 Å². The number of nitrogens with one attached hydrogen (secondary N) is 1. The monoisotopic (exact) mass is 427 g/mol. The third kappa shape index (κ3) is 5.77. The summed E-state index contributed by atoms with van der Waals surface area (Å²) >= 11 is 0. The van der Waals surface area contributed by atoms with E-state index in [1.807, 2.05) is 0 Å². The Morgan fingerprint density at radius 3 is 2.38 bits per heavy atom. The SMILES string of the molecule is Cc1cc(C(=O)N2CCN(CCNC(=O)C3CCN(S(C)(=O)=O)CC3)CC2)no1. The summed E-state index contributed by atoms with van der Waals surface area (Å²) in [6, 6.07) is 1.64. The number of aromatic nitrogens is 1. The molecule has 162 valence electrons. The summed E-state index contributed by atoms with van der Waals surface area (Å²) in [5.74, 6) is 0.363. The molecule has 2 saturated heterocycles. The van der Waals surface area contributed by atoms with Crippen molar-refractivity contribution in [2.24, 2.45) is 5.92 Å². The lowest BCUT2D eigenvalue weighted by Crippen LogP contribution is -2.50. The summed E-state index contributed by atoms with van der Waals surface area (Å²) in [5.41, 5.74) is 0.338. The lowest BCUT2D eigenvalue weighted by Gasteiger charge is -2.34. The summed E-state index contributed by atoms with van der Waals surface area (Å²) in [6.45, 7) is 6.53. The number of carbonyl (C=O) groups excluding carboxylic acids is 2. The van der Waals surface area contributed by atoms with Crippen LogP contribution in [0.15, 0.2) is 10.6 Å². The van der Waals surface area contributed by atoms with E-state index in [4.69, 9.17) is 4.52 Å². The van der Waals surface area contributed by atoms with Crippen LogP contribution in [0.25, 0.3) is 0 Å². The van der Waals surface area contributed by atoms with Gasteiger partial charge in [0.15, 0.2) is 5.69 Å². The molecule has 29 heavy (non-hydrogen) atoms. The van der Waals surface area contributed by atoms with Crippen molar-refractivity contribution in [3.05, 3.63) is 17.5 Å². The van der Waals surface area contributed by atoms with E-state index in [-0.39, 0.29) is 17.7 Å². The second-order valence-corrected chi connectivity index (χ2v) is 9.67. The van der Waals surface area contributed by atoms with Gasteiger partial charge in [0.05, 0.1) is 6.26 Å². The Labute approximate surface area is 171 Å². The molecule has 2 aliphatic heterocycles. The van der Waals surface area contributed by atoms with Gasteiger partial charge < -0.3 is 14.7 Å². The van der Waals surface area contributed by atoms with Gasteiger partial charge >= 0.3 is 0 Å². The second-order valence-electron chi connectivity index (χ2n) is 7.68. The molecule has 3 heterocycles. The fourth-order valence-corrected chi connectivity index (χ4v) is 4.61. The molecule has 11 heteroatoms. The lowest BCUT2D eigenvalue weighted by molar-refractivity contribution is -0.126. The molecule has 2 fully saturated rings. The number of sulfonamides is 1. The largest absolute Gasteiger partial charge is 0.361 e. The molecule has 0 radical (unpaired) electrons. The molecule has 0 atom stereocenters. The molecule has 3 rings (SSSR count). The normalized spacial score (nSPS) is 20.0. The van der Waals surface area contributed by atoms with Gasteiger partial charge in [0.1, 0.15) is 5.76 Å². The summed E-state index contributed by atoms with van der Waals surface area (Å²) in [5, 5.41) is 6.74. The predicted molar refractivity (Wildman–Crippen MR) is 106 cm³/mol. The zero-order chi connectivity index (χ0) is 21.0. The van der Waals surface area contributed by atoms with E-state index < -0.39 is 10.0 Å². The van der Waals surface area contributed by atoms with Gasteiger partial charge in [-0.1, -0.05) is 5.16 Å². The zero-order valence-corrected chi connectivity index (χ0v) is 17.8. The molecule has 0 unspecified atom stereocenters. The van der Waals surface area contributed by atoms with Crippen molar-refractivity contribution in [2.75, 3.05) is 58.6 Å². The first-order chi connectivity index (χ1) is 13.7. The zero-order valence-electron chi connectivity index (χ0n) is 17.0. The van der Waals surface area contributed by atoms with Gasteiger partial charge in [-0.2, -0.15) is 0 Å². The van der Waals surface area contributed by atoms with Crippen LogP contribution in [0.5, 0.6) is 0 Å². The van der Waals surface area contributed by atoms with Crippen molar-refractivity contribution in [2.45, 2.75) is 19.8 Å². The quantitative estimate of drug-likeness (QED) is 0.652. The minimum atomic E-state index is -3.18. The smallest absolute Gasteiger partial charge is 0.276 e. The van der Waals surface area contributed by atoms with E-state index in [1.54, 1.807) is 17.9 Å². The van der Waals surface area contributed by atoms with Crippen LogP contribution in [-0.4, -0.2) is 98.1 Å². The van der Waals surface area contributed by atoms with E-state index in [0.717, 1.165) is 19.6 Å². The summed E-state index contributed by atoms with van der Waals surface area (Å²) in [4.78, 5) is 28.7. The Hall–Kier alpha value is -1.98. The van der Waals surface area contributed by atoms with Gasteiger partial charge in [0, 0.05) is 64.3 Å². The van der Waals surface area contributed by atoms with E-state index in [0.29, 0.717) is 57.0 Å². The Kier molecular flexibility index (Phi) is 6.91. The number of piperidine rings is 1. The summed E-state index contributed by atoms with van der Waals surface area (Å²) in [6.07, 6.45) is 2.32. The van der Waals surface area contributed by atoms with Gasteiger partial charge in [-0.3, -0.25) is 14.5 Å². The number of hydrogen-bond acceptors (Lipinski definition) is 7. The number of rotatable bonds is 6. The fourth-order valence-electron chi connectivity index (χ4n) is 3.73. The molecule has 1 aromatic heterocycles. The van der Waals surface area contributed by atoms with Gasteiger partial charge in [-0.05, 0) is 19.8 Å². The molecule has 0 aliphatic carbocycles. The van der Waals surface area contributed by atoms with Crippen molar-refractivity contribution >= 4 is 21.8 Å². The Morgan fingerprint density at radius 2 is 1.83 bits per heavy atom. The number of hydrogen-bond donors (Lipinski definition) is 1. The first-order valence-corrected chi connectivity index (χ1v) is 11.8. The molecule has 2 aliphatic rings. The molecular formula is C18H29N5O5S. The van der Waals surface area contributed by atoms with Crippen LogP contribution >= 0.6 is 0 Å². The van der Waals surface area contributed by atoms with Crippen LogP contribution < -0.4 is 5.32 Å². The lowest BCUT2D eigenvalue weighted by atomic mass is 9.97. The number of amides is 2. The Morgan fingerprint density at radius 1 is 1.17 bits per heavy atom. The van der Waals surface area contributed by atoms with E-state index in [9.17, 15) is 18.0 Å². The van der Waals surface area contributed by atoms with Crippen molar-refractivity contribution in [1.82, 2.24) is 24.6 Å². The molecule has 0 aromatic carbocycles. The van der Waals surface area contributed by atoms with Crippen molar-refractivity contribution in [1.29, 1.82) is 0 Å². The molecular weight excluding hydrogens is 398 g/mol. The highest BCUT2D eigenvalue weighted by atomic mass is 32.2. The summed E-state index contributed by atoms with van der Waals surface area (Å²) in [7, 11) is -3.18. The van der Waals surface area contributed by atoms with Crippen molar-refractivity contribution in [3.8, 4) is 0 Å². The molecule has 2 amide bonds. The van der Waals surface area contributed by atoms with E-state index >= 15 is 0 Å². The van der Waals surface area contributed by atoms with Crippen LogP contribution in [0.3, 0.4) is 0 Å². The van der Waals surface area contributed by atoms with Gasteiger partial charge in [0.2, 0.25) is 15.9 Å². The first-order valence-electron chi connectivity index (χ1n) is 9.92. The Bertz CT molecular complexity index is 823. The molecule has 0 spiro atoms. The van der Waals surface area contributed by atoms with Crippen molar-refractivity contribution in [3.63, 3.8) is 0 Å². The third-order valence-corrected chi connectivity index (χ3v) is 6.83. The second kappa shape index (κ2) is 9.23. The fraction of sp³-hybridized carbons (Fsp3) is 0.722. The third-order valence-electron chi connectivity index (χ3n) is 5.53. The maximum absolute atomic E-state index is 12.4. The van der Waals surface area contributed by atoms with Gasteiger partial charge in [0.25, 0.3) is 5.91 Å². The average molecular weight is 428 g/mol. The highest BCUT2D eigenvalue weighted by Crippen LogP contribution is 2.19. The van der Waals surface area contributed by atoms with Crippen LogP contribution in [0, 0.1) is 12.8 Å². The van der Waals surface area contributed by atoms with Crippen LogP contribution in [-0.2, 0) is 14.8 Å². The standard InChI is InChI=1S/C18H29N5O5S/c1-14-13-16(20-28-14)18(25)22-11-9-21(10-12-22)8-5-19-17(24)15-3-6-23(7-4-15)29(2,26)27/h13,15H,3-12H2,1-2H3,(H,19,24).